The van der Waals surface area contributed by atoms with Gasteiger partial charge in [-0.15, -0.1) is 0 Å². The molecule has 0 atom stereocenters. The Bertz CT molecular complexity index is 603. The third kappa shape index (κ3) is 1.57. The molecule has 1 fully saturated rings. The van der Waals surface area contributed by atoms with Crippen molar-refractivity contribution < 1.29 is 0 Å². The first-order valence-corrected chi connectivity index (χ1v) is 6.66. The lowest BCUT2D eigenvalue weighted by Crippen LogP contribution is -2.08. The lowest BCUT2D eigenvalue weighted by atomic mass is 10.1. The highest BCUT2D eigenvalue weighted by molar-refractivity contribution is 5.86. The summed E-state index contributed by atoms with van der Waals surface area (Å²) in [7, 11) is 0. The number of rotatable bonds is 2. The van der Waals surface area contributed by atoms with Crippen LogP contribution in [0.25, 0.3) is 16.6 Å². The van der Waals surface area contributed by atoms with Gasteiger partial charge < -0.3 is 4.57 Å². The maximum atomic E-state index is 4.50. The minimum atomic E-state index is 0.586. The number of fused-ring (bicyclic) bond motifs is 1. The maximum absolute atomic E-state index is 4.50. The van der Waals surface area contributed by atoms with Crippen LogP contribution < -0.4 is 0 Å². The zero-order valence-corrected chi connectivity index (χ0v) is 11.1. The van der Waals surface area contributed by atoms with Crippen molar-refractivity contribution in [1.29, 1.82) is 0 Å². The third-order valence-electron chi connectivity index (χ3n) is 4.01. The first-order valence-electron chi connectivity index (χ1n) is 6.66. The standard InChI is InChI=1S/C15H19N3/c1-10(2)14-11(3)13-8-16-9-17-15(13)18(14)12-6-4-5-7-12/h8-9,12H,1,4-7H2,2-3H3. The van der Waals surface area contributed by atoms with E-state index in [9.17, 15) is 0 Å². The van der Waals surface area contributed by atoms with Crippen LogP contribution in [0, 0.1) is 6.92 Å². The summed E-state index contributed by atoms with van der Waals surface area (Å²) in [5.41, 5.74) is 4.73. The summed E-state index contributed by atoms with van der Waals surface area (Å²) in [6, 6.07) is 0.586. The molecule has 3 nitrogen and oxygen atoms in total. The van der Waals surface area contributed by atoms with Gasteiger partial charge in [0, 0.05) is 23.3 Å². The van der Waals surface area contributed by atoms with Gasteiger partial charge in [0.15, 0.2) is 0 Å². The predicted octanol–water partition coefficient (Wildman–Crippen LogP) is 3.89. The Morgan fingerprint density at radius 3 is 2.78 bits per heavy atom. The minimum absolute atomic E-state index is 0.586. The number of nitrogens with zero attached hydrogens (tertiary/aromatic N) is 3. The largest absolute Gasteiger partial charge is 0.322 e. The molecule has 18 heavy (non-hydrogen) atoms. The molecule has 0 aromatic carbocycles. The van der Waals surface area contributed by atoms with Crippen LogP contribution in [0.15, 0.2) is 19.1 Å². The highest BCUT2D eigenvalue weighted by Gasteiger charge is 2.24. The molecule has 0 spiro atoms. The molecule has 2 heterocycles. The van der Waals surface area contributed by atoms with Crippen molar-refractivity contribution in [3.8, 4) is 0 Å². The number of hydrogen-bond acceptors (Lipinski definition) is 2. The van der Waals surface area contributed by atoms with Crippen LogP contribution in [-0.4, -0.2) is 14.5 Å². The zero-order chi connectivity index (χ0) is 12.7. The fourth-order valence-electron chi connectivity index (χ4n) is 3.24. The molecule has 0 unspecified atom stereocenters. The Balaban J connectivity index is 2.32. The van der Waals surface area contributed by atoms with Gasteiger partial charge in [0.1, 0.15) is 12.0 Å². The molecule has 0 radical (unpaired) electrons. The molecule has 94 valence electrons. The summed E-state index contributed by atoms with van der Waals surface area (Å²) in [5, 5.41) is 1.17. The topological polar surface area (TPSA) is 30.7 Å². The van der Waals surface area contributed by atoms with Crippen molar-refractivity contribution >= 4 is 16.6 Å². The Hall–Kier alpha value is -1.64. The van der Waals surface area contributed by atoms with E-state index in [1.165, 1.54) is 42.3 Å². The van der Waals surface area contributed by atoms with Crippen molar-refractivity contribution in [2.75, 3.05) is 0 Å². The number of hydrogen-bond donors (Lipinski definition) is 0. The van der Waals surface area contributed by atoms with E-state index in [1.54, 1.807) is 6.33 Å². The van der Waals surface area contributed by atoms with Gasteiger partial charge in [0.2, 0.25) is 0 Å². The summed E-state index contributed by atoms with van der Waals surface area (Å²) >= 11 is 0. The molecule has 2 aromatic rings. The summed E-state index contributed by atoms with van der Waals surface area (Å²) in [5.74, 6) is 0. The molecule has 1 aliphatic rings. The zero-order valence-electron chi connectivity index (χ0n) is 11.1. The van der Waals surface area contributed by atoms with E-state index in [-0.39, 0.29) is 0 Å². The van der Waals surface area contributed by atoms with Crippen molar-refractivity contribution in [2.45, 2.75) is 45.6 Å². The molecule has 0 saturated heterocycles. The van der Waals surface area contributed by atoms with E-state index in [1.807, 2.05) is 6.20 Å². The fourth-order valence-corrected chi connectivity index (χ4v) is 3.24. The monoisotopic (exact) mass is 241 g/mol. The molecular formula is C15H19N3. The lowest BCUT2D eigenvalue weighted by Gasteiger charge is -2.17. The second kappa shape index (κ2) is 4.23. The highest BCUT2D eigenvalue weighted by Crippen LogP contribution is 2.37. The summed E-state index contributed by atoms with van der Waals surface area (Å²) in [6.07, 6.45) is 8.74. The molecule has 0 aliphatic heterocycles. The number of aromatic nitrogens is 3. The fraction of sp³-hybridized carbons (Fsp3) is 0.467. The van der Waals surface area contributed by atoms with Crippen LogP contribution in [0.3, 0.4) is 0 Å². The maximum Gasteiger partial charge on any atom is 0.144 e. The molecular weight excluding hydrogens is 222 g/mol. The van der Waals surface area contributed by atoms with Gasteiger partial charge in [-0.1, -0.05) is 19.4 Å². The molecule has 1 saturated carbocycles. The van der Waals surface area contributed by atoms with Gasteiger partial charge in [-0.3, -0.25) is 0 Å². The van der Waals surface area contributed by atoms with Crippen molar-refractivity contribution in [3.05, 3.63) is 30.4 Å². The van der Waals surface area contributed by atoms with E-state index in [4.69, 9.17) is 0 Å². The van der Waals surface area contributed by atoms with E-state index >= 15 is 0 Å². The van der Waals surface area contributed by atoms with E-state index in [0.29, 0.717) is 6.04 Å². The molecule has 2 aromatic heterocycles. The van der Waals surface area contributed by atoms with Crippen molar-refractivity contribution in [3.63, 3.8) is 0 Å². The molecule has 0 amide bonds. The second-order valence-corrected chi connectivity index (χ2v) is 5.32. The second-order valence-electron chi connectivity index (χ2n) is 5.32. The molecule has 3 rings (SSSR count). The predicted molar refractivity (Wildman–Crippen MR) is 74.5 cm³/mol. The van der Waals surface area contributed by atoms with Gasteiger partial charge >= 0.3 is 0 Å². The third-order valence-corrected chi connectivity index (χ3v) is 4.01. The first-order chi connectivity index (χ1) is 8.70. The van der Waals surface area contributed by atoms with Gasteiger partial charge in [-0.25, -0.2) is 9.97 Å². The first kappa shape index (κ1) is 11.5. The van der Waals surface area contributed by atoms with Crippen LogP contribution in [0.2, 0.25) is 0 Å². The quantitative estimate of drug-likeness (QED) is 0.798. The smallest absolute Gasteiger partial charge is 0.144 e. The van der Waals surface area contributed by atoms with Crippen LogP contribution in [0.1, 0.15) is 49.9 Å². The average molecular weight is 241 g/mol. The molecule has 3 heteroatoms. The molecule has 1 aliphatic carbocycles. The van der Waals surface area contributed by atoms with Crippen molar-refractivity contribution in [1.82, 2.24) is 14.5 Å². The van der Waals surface area contributed by atoms with Crippen LogP contribution >= 0.6 is 0 Å². The normalized spacial score (nSPS) is 16.6. The highest BCUT2D eigenvalue weighted by atomic mass is 15.1. The van der Waals surface area contributed by atoms with E-state index in [2.05, 4.69) is 35.0 Å². The van der Waals surface area contributed by atoms with Crippen molar-refractivity contribution in [2.24, 2.45) is 0 Å². The summed E-state index contributed by atoms with van der Waals surface area (Å²) < 4.78 is 2.40. The van der Waals surface area contributed by atoms with E-state index < -0.39 is 0 Å². The average Bonchev–Trinajstić information content (AvgIpc) is 2.96. The van der Waals surface area contributed by atoms with E-state index in [0.717, 1.165) is 11.2 Å². The summed E-state index contributed by atoms with van der Waals surface area (Å²) in [6.45, 7) is 8.38. The van der Waals surface area contributed by atoms with Crippen LogP contribution in [0.5, 0.6) is 0 Å². The molecule has 0 bridgehead atoms. The van der Waals surface area contributed by atoms with Crippen LogP contribution in [0.4, 0.5) is 0 Å². The Morgan fingerprint density at radius 1 is 1.39 bits per heavy atom. The van der Waals surface area contributed by atoms with Gasteiger partial charge in [0.05, 0.1) is 0 Å². The SMILES string of the molecule is C=C(C)c1c(C)c2cncnc2n1C1CCCC1. The Kier molecular flexibility index (Phi) is 2.69. The van der Waals surface area contributed by atoms with Crippen LogP contribution in [-0.2, 0) is 0 Å². The minimum Gasteiger partial charge on any atom is -0.322 e. The van der Waals surface area contributed by atoms with Gasteiger partial charge in [-0.05, 0) is 37.8 Å². The number of aryl methyl sites for hydroxylation is 1. The Labute approximate surface area is 108 Å². The van der Waals surface area contributed by atoms with Gasteiger partial charge in [-0.2, -0.15) is 0 Å². The molecule has 0 N–H and O–H groups in total. The number of allylic oxidation sites excluding steroid dienone is 1. The summed E-state index contributed by atoms with van der Waals surface area (Å²) in [4.78, 5) is 8.66. The Morgan fingerprint density at radius 2 is 2.11 bits per heavy atom. The van der Waals surface area contributed by atoms with Gasteiger partial charge in [0.25, 0.3) is 0 Å². The lowest BCUT2D eigenvalue weighted by molar-refractivity contribution is 0.527.